The lowest BCUT2D eigenvalue weighted by atomic mass is 10.1. The fourth-order valence-corrected chi connectivity index (χ4v) is 4.16. The summed E-state index contributed by atoms with van der Waals surface area (Å²) < 4.78 is 26.8. The summed E-state index contributed by atoms with van der Waals surface area (Å²) in [6.45, 7) is 1.89. The molecule has 0 atom stereocenters. The third kappa shape index (κ3) is 7.51. The molecule has 0 aliphatic heterocycles. The van der Waals surface area contributed by atoms with Gasteiger partial charge in [-0.05, 0) is 73.2 Å². The number of methoxy groups -OCH3 is 4. The zero-order valence-corrected chi connectivity index (χ0v) is 24.8. The van der Waals surface area contributed by atoms with E-state index in [1.165, 1.54) is 52.9 Å². The molecule has 44 heavy (non-hydrogen) atoms. The maximum Gasteiger partial charge on any atom is 0.343 e. The Morgan fingerprint density at radius 3 is 2.00 bits per heavy atom. The molecule has 0 unspecified atom stereocenters. The number of rotatable bonds is 11. The SMILES string of the molecule is COc1cc(C=NNC(=O)c2cccc(NC(=O)c3cc(OC)c(OC)c(OC)c3)c2)ccc1OC(=O)c1cccc(C)c1. The molecule has 11 heteroatoms. The number of aryl methyl sites for hydroxylation is 1. The van der Waals surface area contributed by atoms with E-state index in [0.29, 0.717) is 39.8 Å². The van der Waals surface area contributed by atoms with E-state index in [4.69, 9.17) is 23.7 Å². The van der Waals surface area contributed by atoms with Crippen LogP contribution in [0.5, 0.6) is 28.7 Å². The number of hydrogen-bond acceptors (Lipinski definition) is 9. The number of hydrazone groups is 1. The van der Waals surface area contributed by atoms with Gasteiger partial charge in [0.2, 0.25) is 5.75 Å². The number of nitrogens with one attached hydrogen (secondary N) is 2. The van der Waals surface area contributed by atoms with Crippen molar-refractivity contribution in [1.82, 2.24) is 5.43 Å². The zero-order valence-electron chi connectivity index (χ0n) is 24.8. The van der Waals surface area contributed by atoms with Gasteiger partial charge in [-0.2, -0.15) is 5.10 Å². The van der Waals surface area contributed by atoms with Crippen molar-refractivity contribution in [3.8, 4) is 28.7 Å². The molecule has 4 aromatic carbocycles. The predicted molar refractivity (Wildman–Crippen MR) is 165 cm³/mol. The Morgan fingerprint density at radius 1 is 0.659 bits per heavy atom. The van der Waals surface area contributed by atoms with Gasteiger partial charge in [0.15, 0.2) is 23.0 Å². The second-order valence-corrected chi connectivity index (χ2v) is 9.32. The molecule has 0 heterocycles. The van der Waals surface area contributed by atoms with Gasteiger partial charge in [-0.3, -0.25) is 9.59 Å². The third-order valence-corrected chi connectivity index (χ3v) is 6.33. The largest absolute Gasteiger partial charge is 0.493 e. The molecule has 0 aliphatic carbocycles. The van der Waals surface area contributed by atoms with Crippen LogP contribution in [-0.2, 0) is 0 Å². The highest BCUT2D eigenvalue weighted by molar-refractivity contribution is 6.06. The standard InChI is InChI=1S/C33H31N3O8/c1-20-8-6-10-23(14-20)33(39)44-26-13-12-21(15-27(26)40-2)19-34-36-32(38)22-9-7-11-25(16-22)35-31(37)24-17-28(41-3)30(43-5)29(18-24)42-4/h6-19H,1-5H3,(H,35,37)(H,36,38). The van der Waals surface area contributed by atoms with Crippen LogP contribution >= 0.6 is 0 Å². The number of esters is 1. The molecule has 0 aromatic heterocycles. The van der Waals surface area contributed by atoms with Crippen molar-refractivity contribution < 1.29 is 38.1 Å². The number of carbonyl (C=O) groups is 3. The highest BCUT2D eigenvalue weighted by atomic mass is 16.6. The Balaban J connectivity index is 1.40. The average Bonchev–Trinajstić information content (AvgIpc) is 3.04. The van der Waals surface area contributed by atoms with E-state index in [-0.39, 0.29) is 16.9 Å². The maximum atomic E-state index is 13.0. The predicted octanol–water partition coefficient (Wildman–Crippen LogP) is 5.26. The molecule has 2 N–H and O–H groups in total. The molecule has 0 aliphatic rings. The van der Waals surface area contributed by atoms with Gasteiger partial charge in [0.25, 0.3) is 11.8 Å². The highest BCUT2D eigenvalue weighted by Gasteiger charge is 2.18. The number of hydrogen-bond donors (Lipinski definition) is 2. The van der Waals surface area contributed by atoms with E-state index in [2.05, 4.69) is 15.8 Å². The van der Waals surface area contributed by atoms with Crippen LogP contribution < -0.4 is 34.4 Å². The fraction of sp³-hybridized carbons (Fsp3) is 0.152. The Morgan fingerprint density at radius 2 is 1.34 bits per heavy atom. The van der Waals surface area contributed by atoms with Gasteiger partial charge in [-0.25, -0.2) is 10.2 Å². The molecule has 0 spiro atoms. The van der Waals surface area contributed by atoms with Crippen molar-refractivity contribution in [3.63, 3.8) is 0 Å². The van der Waals surface area contributed by atoms with Gasteiger partial charge in [-0.1, -0.05) is 23.8 Å². The molecule has 0 saturated carbocycles. The van der Waals surface area contributed by atoms with Crippen LogP contribution in [0, 0.1) is 6.92 Å². The Hall–Kier alpha value is -5.84. The third-order valence-electron chi connectivity index (χ3n) is 6.33. The van der Waals surface area contributed by atoms with Gasteiger partial charge in [0.1, 0.15) is 0 Å². The molecule has 0 fully saturated rings. The Bertz CT molecular complexity index is 1690. The summed E-state index contributed by atoms with van der Waals surface area (Å²) in [6.07, 6.45) is 1.42. The lowest BCUT2D eigenvalue weighted by molar-refractivity contribution is 0.0729. The summed E-state index contributed by atoms with van der Waals surface area (Å²) >= 11 is 0. The number of ether oxygens (including phenoxy) is 5. The van der Waals surface area contributed by atoms with E-state index >= 15 is 0 Å². The summed E-state index contributed by atoms with van der Waals surface area (Å²) in [5.41, 5.74) is 5.33. The Labute approximate surface area is 254 Å². The number of amides is 2. The first kappa shape index (κ1) is 31.1. The van der Waals surface area contributed by atoms with Crippen molar-refractivity contribution in [2.45, 2.75) is 6.92 Å². The van der Waals surface area contributed by atoms with E-state index in [1.807, 2.05) is 13.0 Å². The highest BCUT2D eigenvalue weighted by Crippen LogP contribution is 2.38. The summed E-state index contributed by atoms with van der Waals surface area (Å²) in [5.74, 6) is 0.131. The van der Waals surface area contributed by atoms with Crippen molar-refractivity contribution in [1.29, 1.82) is 0 Å². The lowest BCUT2D eigenvalue weighted by Gasteiger charge is -2.14. The molecule has 0 saturated heterocycles. The summed E-state index contributed by atoms with van der Waals surface area (Å²) in [7, 11) is 5.84. The topological polar surface area (TPSA) is 134 Å². The first-order valence-corrected chi connectivity index (χ1v) is 13.3. The van der Waals surface area contributed by atoms with Gasteiger partial charge < -0.3 is 29.0 Å². The van der Waals surface area contributed by atoms with Crippen molar-refractivity contribution in [2.24, 2.45) is 5.10 Å². The zero-order chi connectivity index (χ0) is 31.6. The molecule has 0 bridgehead atoms. The molecule has 2 amide bonds. The minimum Gasteiger partial charge on any atom is -0.493 e. The molecule has 4 aromatic rings. The van der Waals surface area contributed by atoms with Crippen LogP contribution in [0.15, 0.2) is 84.0 Å². The van der Waals surface area contributed by atoms with E-state index < -0.39 is 17.8 Å². The monoisotopic (exact) mass is 597 g/mol. The van der Waals surface area contributed by atoms with Crippen molar-refractivity contribution in [3.05, 3.63) is 107 Å². The number of benzene rings is 4. The van der Waals surface area contributed by atoms with Crippen molar-refractivity contribution >= 4 is 29.7 Å². The second kappa shape index (κ2) is 14.4. The molecule has 226 valence electrons. The summed E-state index contributed by atoms with van der Waals surface area (Å²) in [5, 5.41) is 6.78. The normalized spacial score (nSPS) is 10.6. The van der Waals surface area contributed by atoms with Crippen LogP contribution in [-0.4, -0.2) is 52.4 Å². The minimum atomic E-state index is -0.512. The van der Waals surface area contributed by atoms with Crippen LogP contribution in [0.3, 0.4) is 0 Å². The maximum absolute atomic E-state index is 13.0. The summed E-state index contributed by atoms with van der Waals surface area (Å²) in [6, 6.07) is 21.4. The van der Waals surface area contributed by atoms with Crippen LogP contribution in [0.2, 0.25) is 0 Å². The van der Waals surface area contributed by atoms with E-state index in [0.717, 1.165) is 5.56 Å². The minimum absolute atomic E-state index is 0.241. The second-order valence-electron chi connectivity index (χ2n) is 9.32. The van der Waals surface area contributed by atoms with E-state index in [9.17, 15) is 14.4 Å². The fourth-order valence-electron chi connectivity index (χ4n) is 4.16. The first-order chi connectivity index (χ1) is 21.3. The number of carbonyl (C=O) groups excluding carboxylic acids is 3. The van der Waals surface area contributed by atoms with Crippen LogP contribution in [0.4, 0.5) is 5.69 Å². The van der Waals surface area contributed by atoms with Crippen LogP contribution in [0.25, 0.3) is 0 Å². The molecular weight excluding hydrogens is 566 g/mol. The number of anilines is 1. The average molecular weight is 598 g/mol. The lowest BCUT2D eigenvalue weighted by Crippen LogP contribution is -2.18. The van der Waals surface area contributed by atoms with E-state index in [1.54, 1.807) is 54.6 Å². The van der Waals surface area contributed by atoms with Gasteiger partial charge in [-0.15, -0.1) is 0 Å². The summed E-state index contributed by atoms with van der Waals surface area (Å²) in [4.78, 5) is 38.3. The molecule has 11 nitrogen and oxygen atoms in total. The molecular formula is C33H31N3O8. The first-order valence-electron chi connectivity index (χ1n) is 13.3. The Kier molecular flexibility index (Phi) is 10.2. The smallest absolute Gasteiger partial charge is 0.343 e. The van der Waals surface area contributed by atoms with Crippen molar-refractivity contribution in [2.75, 3.05) is 33.8 Å². The number of nitrogens with zero attached hydrogens (tertiary/aromatic N) is 1. The molecule has 0 radical (unpaired) electrons. The quantitative estimate of drug-likeness (QED) is 0.103. The van der Waals surface area contributed by atoms with Gasteiger partial charge in [0, 0.05) is 16.8 Å². The van der Waals surface area contributed by atoms with Crippen LogP contribution in [0.1, 0.15) is 42.2 Å². The van der Waals surface area contributed by atoms with Gasteiger partial charge >= 0.3 is 5.97 Å². The molecule has 4 rings (SSSR count). The van der Waals surface area contributed by atoms with Gasteiger partial charge in [0.05, 0.1) is 40.2 Å².